The lowest BCUT2D eigenvalue weighted by molar-refractivity contribution is -0.142. The van der Waals surface area contributed by atoms with Gasteiger partial charge in [0.1, 0.15) is 12.1 Å². The van der Waals surface area contributed by atoms with Gasteiger partial charge in [-0.2, -0.15) is 0 Å². The van der Waals surface area contributed by atoms with Crippen molar-refractivity contribution in [2.24, 2.45) is 5.92 Å². The van der Waals surface area contributed by atoms with Gasteiger partial charge in [-0.1, -0.05) is 56.3 Å². The van der Waals surface area contributed by atoms with Crippen LogP contribution in [-0.2, 0) is 16.0 Å². The maximum Gasteiger partial charge on any atom is 0.329 e. The number of rotatable bonds is 8. The SMILES string of the molecule is CC(C)C[C@H](C(=O)N[C@@H](Cc1ccccc1)C(=O)O)n1c(=O)[nH]c2ccccc2c1=O. The van der Waals surface area contributed by atoms with Gasteiger partial charge < -0.3 is 15.4 Å². The van der Waals surface area contributed by atoms with E-state index in [1.165, 1.54) is 0 Å². The zero-order valence-corrected chi connectivity index (χ0v) is 17.4. The van der Waals surface area contributed by atoms with E-state index in [9.17, 15) is 24.3 Å². The predicted octanol–water partition coefficient (Wildman–Crippen LogP) is 2.09. The number of H-pyrrole nitrogens is 1. The van der Waals surface area contributed by atoms with Gasteiger partial charge in [0, 0.05) is 6.42 Å². The Balaban J connectivity index is 1.98. The van der Waals surface area contributed by atoms with Crippen molar-refractivity contribution in [2.45, 2.75) is 38.8 Å². The molecule has 0 bridgehead atoms. The molecule has 0 saturated carbocycles. The zero-order chi connectivity index (χ0) is 22.5. The van der Waals surface area contributed by atoms with E-state index < -0.39 is 35.2 Å². The summed E-state index contributed by atoms with van der Waals surface area (Å²) in [6.45, 7) is 3.72. The van der Waals surface area contributed by atoms with Crippen LogP contribution in [0, 0.1) is 5.92 Å². The third kappa shape index (κ3) is 5.09. The number of carbonyl (C=O) groups excluding carboxylic acids is 1. The lowest BCUT2D eigenvalue weighted by Gasteiger charge is -2.23. The summed E-state index contributed by atoms with van der Waals surface area (Å²) in [5.74, 6) is -1.90. The van der Waals surface area contributed by atoms with Crippen LogP contribution in [0.3, 0.4) is 0 Å². The number of hydrogen-bond acceptors (Lipinski definition) is 4. The van der Waals surface area contributed by atoms with Gasteiger partial charge in [-0.15, -0.1) is 0 Å². The molecule has 8 heteroatoms. The van der Waals surface area contributed by atoms with E-state index in [2.05, 4.69) is 10.3 Å². The van der Waals surface area contributed by atoms with Gasteiger partial charge in [0.2, 0.25) is 5.91 Å². The van der Waals surface area contributed by atoms with E-state index in [0.717, 1.165) is 10.1 Å². The molecule has 0 unspecified atom stereocenters. The van der Waals surface area contributed by atoms with Gasteiger partial charge in [0.25, 0.3) is 5.56 Å². The molecular formula is C23H25N3O5. The van der Waals surface area contributed by atoms with Gasteiger partial charge in [0.15, 0.2) is 0 Å². The minimum absolute atomic E-state index is 0.0223. The van der Waals surface area contributed by atoms with E-state index in [-0.39, 0.29) is 24.1 Å². The molecule has 0 spiro atoms. The molecule has 1 aromatic heterocycles. The second-order valence-electron chi connectivity index (χ2n) is 7.89. The maximum absolute atomic E-state index is 13.1. The molecule has 31 heavy (non-hydrogen) atoms. The first-order chi connectivity index (χ1) is 14.8. The highest BCUT2D eigenvalue weighted by molar-refractivity contribution is 5.86. The monoisotopic (exact) mass is 423 g/mol. The highest BCUT2D eigenvalue weighted by Crippen LogP contribution is 2.17. The van der Waals surface area contributed by atoms with Crippen LogP contribution in [0.2, 0.25) is 0 Å². The molecule has 0 aliphatic rings. The Hall–Kier alpha value is -3.68. The minimum Gasteiger partial charge on any atom is -0.480 e. The predicted molar refractivity (Wildman–Crippen MR) is 117 cm³/mol. The van der Waals surface area contributed by atoms with Crippen molar-refractivity contribution in [1.29, 1.82) is 0 Å². The average Bonchev–Trinajstić information content (AvgIpc) is 2.73. The van der Waals surface area contributed by atoms with Crippen molar-refractivity contribution in [2.75, 3.05) is 0 Å². The number of aromatic nitrogens is 2. The van der Waals surface area contributed by atoms with Gasteiger partial charge in [0.05, 0.1) is 10.9 Å². The first kappa shape index (κ1) is 22.0. The summed E-state index contributed by atoms with van der Waals surface area (Å²) in [6.07, 6.45) is 0.282. The molecular weight excluding hydrogens is 398 g/mol. The van der Waals surface area contributed by atoms with Crippen molar-refractivity contribution in [3.05, 3.63) is 81.0 Å². The van der Waals surface area contributed by atoms with Crippen molar-refractivity contribution in [1.82, 2.24) is 14.9 Å². The first-order valence-corrected chi connectivity index (χ1v) is 10.1. The van der Waals surface area contributed by atoms with Crippen LogP contribution in [0.15, 0.2) is 64.2 Å². The molecule has 3 aromatic rings. The molecule has 162 valence electrons. The fourth-order valence-corrected chi connectivity index (χ4v) is 3.55. The Bertz CT molecular complexity index is 1200. The van der Waals surface area contributed by atoms with Crippen LogP contribution in [0.25, 0.3) is 10.9 Å². The molecule has 2 aromatic carbocycles. The highest BCUT2D eigenvalue weighted by Gasteiger charge is 2.29. The number of carbonyl (C=O) groups is 2. The molecule has 8 nitrogen and oxygen atoms in total. The van der Waals surface area contributed by atoms with Crippen LogP contribution < -0.4 is 16.6 Å². The number of benzene rings is 2. The summed E-state index contributed by atoms with van der Waals surface area (Å²) < 4.78 is 0.888. The average molecular weight is 423 g/mol. The molecule has 0 fully saturated rings. The van der Waals surface area contributed by atoms with E-state index in [4.69, 9.17) is 0 Å². The minimum atomic E-state index is -1.19. The van der Waals surface area contributed by atoms with Crippen molar-refractivity contribution in [3.63, 3.8) is 0 Å². The quantitative estimate of drug-likeness (QED) is 0.512. The molecule has 0 saturated heterocycles. The fraction of sp³-hybridized carbons (Fsp3) is 0.304. The summed E-state index contributed by atoms with van der Waals surface area (Å²) in [5.41, 5.74) is -0.171. The Labute approximate surface area is 178 Å². The van der Waals surface area contributed by atoms with Gasteiger partial charge in [-0.25, -0.2) is 14.2 Å². The molecule has 3 rings (SSSR count). The number of aromatic amines is 1. The van der Waals surface area contributed by atoms with Crippen molar-refractivity contribution in [3.8, 4) is 0 Å². The molecule has 0 aliphatic heterocycles. The molecule has 0 aliphatic carbocycles. The number of nitrogens with zero attached hydrogens (tertiary/aromatic N) is 1. The van der Waals surface area contributed by atoms with E-state index in [1.807, 2.05) is 19.9 Å². The van der Waals surface area contributed by atoms with Crippen LogP contribution in [0.4, 0.5) is 0 Å². The number of carboxylic acid groups (broad SMARTS) is 1. The lowest BCUT2D eigenvalue weighted by Crippen LogP contribution is -2.49. The summed E-state index contributed by atoms with van der Waals surface area (Å²) in [6, 6.07) is 13.1. The lowest BCUT2D eigenvalue weighted by atomic mass is 10.0. The largest absolute Gasteiger partial charge is 0.480 e. The molecule has 1 amide bonds. The Kier molecular flexibility index (Phi) is 6.69. The normalized spacial score (nSPS) is 13.1. The second-order valence-corrected chi connectivity index (χ2v) is 7.89. The van der Waals surface area contributed by atoms with Gasteiger partial charge >= 0.3 is 11.7 Å². The number of nitrogens with one attached hydrogen (secondary N) is 2. The molecule has 1 heterocycles. The van der Waals surface area contributed by atoms with Crippen LogP contribution in [0.1, 0.15) is 31.9 Å². The van der Waals surface area contributed by atoms with Crippen molar-refractivity contribution >= 4 is 22.8 Å². The molecule has 2 atom stereocenters. The summed E-state index contributed by atoms with van der Waals surface area (Å²) in [7, 11) is 0. The third-order valence-electron chi connectivity index (χ3n) is 5.04. The maximum atomic E-state index is 13.1. The number of carboxylic acids is 1. The Morgan fingerprint density at radius 2 is 1.68 bits per heavy atom. The molecule has 0 radical (unpaired) electrons. The second kappa shape index (κ2) is 9.42. The number of fused-ring (bicyclic) bond motifs is 1. The van der Waals surface area contributed by atoms with Crippen molar-refractivity contribution < 1.29 is 14.7 Å². The topological polar surface area (TPSA) is 121 Å². The Morgan fingerprint density at radius 1 is 1.03 bits per heavy atom. The zero-order valence-electron chi connectivity index (χ0n) is 17.4. The first-order valence-electron chi connectivity index (χ1n) is 10.1. The fourth-order valence-electron chi connectivity index (χ4n) is 3.55. The summed E-state index contributed by atoms with van der Waals surface area (Å²) >= 11 is 0. The summed E-state index contributed by atoms with van der Waals surface area (Å²) in [5, 5.41) is 12.4. The third-order valence-corrected chi connectivity index (χ3v) is 5.04. The summed E-state index contributed by atoms with van der Waals surface area (Å²) in [4.78, 5) is 53.3. The van der Waals surface area contributed by atoms with Crippen LogP contribution in [-0.4, -0.2) is 32.6 Å². The van der Waals surface area contributed by atoms with Gasteiger partial charge in [-0.05, 0) is 30.0 Å². The number of para-hydroxylation sites is 1. The van der Waals surface area contributed by atoms with E-state index in [0.29, 0.717) is 5.52 Å². The number of hydrogen-bond donors (Lipinski definition) is 3. The number of amides is 1. The highest BCUT2D eigenvalue weighted by atomic mass is 16.4. The van der Waals surface area contributed by atoms with Crippen LogP contribution in [0.5, 0.6) is 0 Å². The van der Waals surface area contributed by atoms with E-state index >= 15 is 0 Å². The van der Waals surface area contributed by atoms with Gasteiger partial charge in [-0.3, -0.25) is 9.59 Å². The smallest absolute Gasteiger partial charge is 0.329 e. The Morgan fingerprint density at radius 3 is 2.32 bits per heavy atom. The van der Waals surface area contributed by atoms with Crippen LogP contribution >= 0.6 is 0 Å². The molecule has 3 N–H and O–H groups in total. The number of aliphatic carboxylic acids is 1. The standard InChI is InChI=1S/C23H25N3O5/c1-14(2)12-19(26-21(28)16-10-6-7-11-17(16)25-23(26)31)20(27)24-18(22(29)30)13-15-8-4-3-5-9-15/h3-11,14,18-19H,12-13H2,1-2H3,(H,24,27)(H,25,31)(H,29,30)/t18-,19+/m0/s1. The van der Waals surface area contributed by atoms with E-state index in [1.54, 1.807) is 48.5 Å².